The van der Waals surface area contributed by atoms with Gasteiger partial charge in [-0.15, -0.1) is 0 Å². The van der Waals surface area contributed by atoms with Crippen LogP contribution in [0.2, 0.25) is 0 Å². The number of nitrogens with zero attached hydrogens (tertiary/aromatic N) is 1. The Morgan fingerprint density at radius 2 is 1.90 bits per heavy atom. The molecule has 2 unspecified atom stereocenters. The highest BCUT2D eigenvalue weighted by Gasteiger charge is 2.36. The Hall–Kier alpha value is -0.860. The summed E-state index contributed by atoms with van der Waals surface area (Å²) in [7, 11) is 2.36. The molecule has 2 heteroatoms. The van der Waals surface area contributed by atoms with Crippen LogP contribution in [-0.2, 0) is 6.42 Å². The van der Waals surface area contributed by atoms with E-state index in [-0.39, 0.29) is 0 Å². The van der Waals surface area contributed by atoms with Crippen LogP contribution in [0.1, 0.15) is 56.2 Å². The first-order valence-electron chi connectivity index (χ1n) is 8.34. The molecule has 0 radical (unpaired) electrons. The van der Waals surface area contributed by atoms with E-state index in [9.17, 15) is 0 Å². The minimum absolute atomic E-state index is 0.517. The van der Waals surface area contributed by atoms with Gasteiger partial charge in [-0.1, -0.05) is 50.5 Å². The van der Waals surface area contributed by atoms with Crippen molar-refractivity contribution >= 4 is 0 Å². The summed E-state index contributed by atoms with van der Waals surface area (Å²) in [6.07, 6.45) is 8.26. The van der Waals surface area contributed by atoms with Gasteiger partial charge in [0, 0.05) is 18.1 Å². The predicted octanol–water partition coefficient (Wildman–Crippen LogP) is 3.53. The van der Waals surface area contributed by atoms with E-state index >= 15 is 0 Å². The van der Waals surface area contributed by atoms with Crippen LogP contribution < -0.4 is 5.32 Å². The summed E-state index contributed by atoms with van der Waals surface area (Å²) in [6.45, 7) is 3.27. The maximum absolute atomic E-state index is 3.73. The lowest BCUT2D eigenvalue weighted by Gasteiger charge is -2.38. The number of fused-ring (bicyclic) bond motifs is 1. The fourth-order valence-electron chi connectivity index (χ4n) is 4.18. The van der Waals surface area contributed by atoms with Gasteiger partial charge in [0.25, 0.3) is 0 Å². The smallest absolute Gasteiger partial charge is 0.0484 e. The number of hydrogen-bond donors (Lipinski definition) is 1. The number of rotatable bonds is 4. The summed E-state index contributed by atoms with van der Waals surface area (Å²) in [5.74, 6) is 0. The second-order valence-electron chi connectivity index (χ2n) is 6.46. The van der Waals surface area contributed by atoms with Crippen LogP contribution >= 0.6 is 0 Å². The molecule has 110 valence electrons. The molecule has 1 aromatic carbocycles. The molecule has 0 bridgehead atoms. The molecule has 1 aromatic rings. The molecule has 0 saturated heterocycles. The van der Waals surface area contributed by atoms with E-state index < -0.39 is 0 Å². The third-order valence-electron chi connectivity index (χ3n) is 5.30. The monoisotopic (exact) mass is 272 g/mol. The summed E-state index contributed by atoms with van der Waals surface area (Å²) in [5, 5.41) is 3.73. The predicted molar refractivity (Wildman–Crippen MR) is 85.0 cm³/mol. The zero-order valence-corrected chi connectivity index (χ0v) is 12.9. The van der Waals surface area contributed by atoms with Crippen LogP contribution in [0.3, 0.4) is 0 Å². The van der Waals surface area contributed by atoms with Crippen molar-refractivity contribution in [3.8, 4) is 0 Å². The average Bonchev–Trinajstić information content (AvgIpc) is 2.87. The van der Waals surface area contributed by atoms with E-state index in [1.807, 2.05) is 0 Å². The van der Waals surface area contributed by atoms with Gasteiger partial charge in [-0.05, 0) is 44.0 Å². The SMILES string of the molecule is CCNC1c2ccccc2CC1N(C)C1CCCCC1. The largest absolute Gasteiger partial charge is 0.309 e. The number of nitrogens with one attached hydrogen (secondary N) is 1. The summed E-state index contributed by atoms with van der Waals surface area (Å²) < 4.78 is 0. The summed E-state index contributed by atoms with van der Waals surface area (Å²) in [4.78, 5) is 2.69. The molecular weight excluding hydrogens is 244 g/mol. The summed E-state index contributed by atoms with van der Waals surface area (Å²) >= 11 is 0. The van der Waals surface area contributed by atoms with Crippen LogP contribution in [0, 0.1) is 0 Å². The second-order valence-corrected chi connectivity index (χ2v) is 6.46. The third-order valence-corrected chi connectivity index (χ3v) is 5.30. The van der Waals surface area contributed by atoms with Crippen LogP contribution in [0.25, 0.3) is 0 Å². The van der Waals surface area contributed by atoms with E-state index in [0.717, 1.165) is 12.6 Å². The zero-order chi connectivity index (χ0) is 13.9. The Bertz CT molecular complexity index is 437. The van der Waals surface area contributed by atoms with E-state index in [1.54, 1.807) is 5.56 Å². The van der Waals surface area contributed by atoms with E-state index in [0.29, 0.717) is 12.1 Å². The maximum atomic E-state index is 3.73. The standard InChI is InChI=1S/C18H28N2/c1-3-19-18-16-12-8-7-9-14(16)13-17(18)20(2)15-10-5-4-6-11-15/h7-9,12,15,17-19H,3-6,10-11,13H2,1-2H3. The molecule has 2 atom stereocenters. The number of hydrogen-bond acceptors (Lipinski definition) is 2. The zero-order valence-electron chi connectivity index (χ0n) is 12.9. The Kier molecular flexibility index (Phi) is 4.42. The van der Waals surface area contributed by atoms with Crippen molar-refractivity contribution in [2.75, 3.05) is 13.6 Å². The molecule has 3 rings (SSSR count). The lowest BCUT2D eigenvalue weighted by molar-refractivity contribution is 0.118. The maximum Gasteiger partial charge on any atom is 0.0484 e. The van der Waals surface area contributed by atoms with Crippen LogP contribution in [0.4, 0.5) is 0 Å². The van der Waals surface area contributed by atoms with Crippen molar-refractivity contribution in [2.45, 2.75) is 63.6 Å². The highest BCUT2D eigenvalue weighted by atomic mass is 15.2. The highest BCUT2D eigenvalue weighted by molar-refractivity contribution is 5.37. The Balaban J connectivity index is 1.78. The average molecular weight is 272 g/mol. The van der Waals surface area contributed by atoms with Crippen molar-refractivity contribution in [3.63, 3.8) is 0 Å². The summed E-state index contributed by atoms with van der Waals surface area (Å²) in [6, 6.07) is 10.9. The van der Waals surface area contributed by atoms with Crippen LogP contribution in [0.5, 0.6) is 0 Å². The van der Waals surface area contributed by atoms with Crippen molar-refractivity contribution in [1.82, 2.24) is 10.2 Å². The Morgan fingerprint density at radius 1 is 1.15 bits per heavy atom. The minimum atomic E-state index is 0.517. The lowest BCUT2D eigenvalue weighted by atomic mass is 9.92. The minimum Gasteiger partial charge on any atom is -0.309 e. The first-order valence-corrected chi connectivity index (χ1v) is 8.34. The van der Waals surface area contributed by atoms with Gasteiger partial charge in [-0.25, -0.2) is 0 Å². The molecule has 1 N–H and O–H groups in total. The molecule has 2 aliphatic rings. The molecule has 0 spiro atoms. The van der Waals surface area contributed by atoms with Gasteiger partial charge in [-0.3, -0.25) is 4.90 Å². The molecule has 0 aromatic heterocycles. The van der Waals surface area contributed by atoms with Gasteiger partial charge in [0.2, 0.25) is 0 Å². The quantitative estimate of drug-likeness (QED) is 0.902. The van der Waals surface area contributed by atoms with Gasteiger partial charge in [0.05, 0.1) is 0 Å². The number of likely N-dealkylation sites (N-methyl/N-ethyl adjacent to an activating group) is 2. The van der Waals surface area contributed by atoms with Crippen LogP contribution in [-0.4, -0.2) is 30.6 Å². The molecule has 0 aliphatic heterocycles. The Morgan fingerprint density at radius 3 is 2.65 bits per heavy atom. The number of benzene rings is 1. The fraction of sp³-hybridized carbons (Fsp3) is 0.667. The fourth-order valence-corrected chi connectivity index (χ4v) is 4.18. The summed E-state index contributed by atoms with van der Waals surface area (Å²) in [5.41, 5.74) is 3.08. The first-order chi connectivity index (χ1) is 9.81. The van der Waals surface area contributed by atoms with E-state index in [4.69, 9.17) is 0 Å². The van der Waals surface area contributed by atoms with Crippen molar-refractivity contribution < 1.29 is 0 Å². The van der Waals surface area contributed by atoms with Gasteiger partial charge in [0.15, 0.2) is 0 Å². The highest BCUT2D eigenvalue weighted by Crippen LogP contribution is 2.36. The molecule has 20 heavy (non-hydrogen) atoms. The van der Waals surface area contributed by atoms with Gasteiger partial charge >= 0.3 is 0 Å². The second kappa shape index (κ2) is 6.28. The third kappa shape index (κ3) is 2.64. The van der Waals surface area contributed by atoms with Crippen LogP contribution in [0.15, 0.2) is 24.3 Å². The molecule has 2 nitrogen and oxygen atoms in total. The molecular formula is C18H28N2. The van der Waals surface area contributed by atoms with Crippen molar-refractivity contribution in [1.29, 1.82) is 0 Å². The van der Waals surface area contributed by atoms with Gasteiger partial charge in [0.1, 0.15) is 0 Å². The Labute approximate surface area is 123 Å². The lowest BCUT2D eigenvalue weighted by Crippen LogP contribution is -2.46. The van der Waals surface area contributed by atoms with Gasteiger partial charge in [-0.2, -0.15) is 0 Å². The molecule has 1 saturated carbocycles. The van der Waals surface area contributed by atoms with Crippen molar-refractivity contribution in [3.05, 3.63) is 35.4 Å². The van der Waals surface area contributed by atoms with Gasteiger partial charge < -0.3 is 5.32 Å². The molecule has 0 amide bonds. The van der Waals surface area contributed by atoms with Crippen molar-refractivity contribution in [2.24, 2.45) is 0 Å². The first kappa shape index (κ1) is 14.1. The molecule has 1 fully saturated rings. The van der Waals surface area contributed by atoms with E-state index in [2.05, 4.69) is 48.5 Å². The molecule has 0 heterocycles. The van der Waals surface area contributed by atoms with E-state index in [1.165, 1.54) is 44.1 Å². The normalized spacial score (nSPS) is 26.9. The topological polar surface area (TPSA) is 15.3 Å². The molecule has 2 aliphatic carbocycles.